The first-order valence-corrected chi connectivity index (χ1v) is 11.9. The molecular formula is C21H33N3O5S. The van der Waals surface area contributed by atoms with Crippen LogP contribution in [-0.4, -0.2) is 68.2 Å². The first-order chi connectivity index (χ1) is 14.1. The predicted octanol–water partition coefficient (Wildman–Crippen LogP) is 0.925. The van der Waals surface area contributed by atoms with Crippen molar-refractivity contribution in [3.63, 3.8) is 0 Å². The number of nitrogens with zero attached hydrogens (tertiary/aromatic N) is 1. The minimum Gasteiger partial charge on any atom is -0.373 e. The number of sulfonamides is 1. The third-order valence-corrected chi connectivity index (χ3v) is 6.72. The number of hydrogen-bond donors (Lipinski definition) is 2. The van der Waals surface area contributed by atoms with Gasteiger partial charge in [-0.2, -0.15) is 4.31 Å². The summed E-state index contributed by atoms with van der Waals surface area (Å²) in [5.41, 5.74) is 0.859. The standard InChI is InChI=1S/C21H33N3O5S/c1-15(2)20(23-19(25)12-18-8-6-5-7-9-18)21(26)22-10-11-30(27,28)24-13-16(3)29-17(4)14-24/h5-9,15-17,20H,10-14H2,1-4H3,(H,22,26)(H,23,25). The molecule has 168 valence electrons. The number of morpholine rings is 1. The fourth-order valence-electron chi connectivity index (χ4n) is 3.44. The summed E-state index contributed by atoms with van der Waals surface area (Å²) in [5, 5.41) is 5.42. The molecule has 1 aliphatic rings. The fourth-order valence-corrected chi connectivity index (χ4v) is 4.93. The lowest BCUT2D eigenvalue weighted by Gasteiger charge is -2.34. The molecule has 0 radical (unpaired) electrons. The Hall–Kier alpha value is -1.97. The van der Waals surface area contributed by atoms with Gasteiger partial charge in [0.05, 0.1) is 24.4 Å². The molecule has 1 aliphatic heterocycles. The van der Waals surface area contributed by atoms with E-state index in [2.05, 4.69) is 10.6 Å². The molecule has 8 nitrogen and oxygen atoms in total. The Balaban J connectivity index is 1.86. The van der Waals surface area contributed by atoms with Crippen LogP contribution in [0.5, 0.6) is 0 Å². The number of rotatable bonds is 9. The second kappa shape index (κ2) is 10.9. The van der Waals surface area contributed by atoms with Crippen LogP contribution >= 0.6 is 0 Å². The molecular weight excluding hydrogens is 406 g/mol. The lowest BCUT2D eigenvalue weighted by Crippen LogP contribution is -2.52. The van der Waals surface area contributed by atoms with Crippen molar-refractivity contribution in [1.82, 2.24) is 14.9 Å². The zero-order chi connectivity index (χ0) is 22.3. The van der Waals surface area contributed by atoms with Crippen molar-refractivity contribution < 1.29 is 22.7 Å². The van der Waals surface area contributed by atoms with Crippen LogP contribution in [0.1, 0.15) is 33.3 Å². The van der Waals surface area contributed by atoms with Crippen molar-refractivity contribution in [2.75, 3.05) is 25.4 Å². The van der Waals surface area contributed by atoms with Gasteiger partial charge >= 0.3 is 0 Å². The highest BCUT2D eigenvalue weighted by molar-refractivity contribution is 7.89. The van der Waals surface area contributed by atoms with Gasteiger partial charge in [-0.3, -0.25) is 9.59 Å². The van der Waals surface area contributed by atoms with E-state index in [9.17, 15) is 18.0 Å². The SMILES string of the molecule is CC1CN(S(=O)(=O)CCNC(=O)C(NC(=O)Cc2ccccc2)C(C)C)CC(C)O1. The zero-order valence-electron chi connectivity index (χ0n) is 18.1. The van der Waals surface area contributed by atoms with E-state index in [1.54, 1.807) is 0 Å². The van der Waals surface area contributed by atoms with Gasteiger partial charge in [0.25, 0.3) is 0 Å². The monoisotopic (exact) mass is 439 g/mol. The molecule has 1 aromatic rings. The Bertz CT molecular complexity index is 803. The summed E-state index contributed by atoms with van der Waals surface area (Å²) in [4.78, 5) is 24.9. The van der Waals surface area contributed by atoms with E-state index < -0.39 is 16.1 Å². The van der Waals surface area contributed by atoms with Gasteiger partial charge in [-0.1, -0.05) is 44.2 Å². The van der Waals surface area contributed by atoms with Crippen LogP contribution in [0.25, 0.3) is 0 Å². The minimum atomic E-state index is -3.50. The van der Waals surface area contributed by atoms with Gasteiger partial charge in [-0.25, -0.2) is 8.42 Å². The maximum Gasteiger partial charge on any atom is 0.242 e. The highest BCUT2D eigenvalue weighted by Crippen LogP contribution is 2.14. The zero-order valence-corrected chi connectivity index (χ0v) is 18.9. The summed E-state index contributed by atoms with van der Waals surface area (Å²) in [5.74, 6) is -0.965. The number of nitrogens with one attached hydrogen (secondary N) is 2. The Morgan fingerprint density at radius 1 is 1.13 bits per heavy atom. The summed E-state index contributed by atoms with van der Waals surface area (Å²) in [6.45, 7) is 7.95. The van der Waals surface area contributed by atoms with Crippen LogP contribution in [0.3, 0.4) is 0 Å². The van der Waals surface area contributed by atoms with E-state index in [4.69, 9.17) is 4.74 Å². The van der Waals surface area contributed by atoms with Crippen molar-refractivity contribution in [2.45, 2.75) is 52.4 Å². The first-order valence-electron chi connectivity index (χ1n) is 10.3. The van der Waals surface area contributed by atoms with E-state index in [1.807, 2.05) is 58.0 Å². The quantitative estimate of drug-likeness (QED) is 0.596. The van der Waals surface area contributed by atoms with E-state index in [0.29, 0.717) is 13.1 Å². The molecule has 1 saturated heterocycles. The van der Waals surface area contributed by atoms with Gasteiger partial charge < -0.3 is 15.4 Å². The average Bonchev–Trinajstić information content (AvgIpc) is 2.65. The minimum absolute atomic E-state index is 0.0148. The average molecular weight is 440 g/mol. The maximum atomic E-state index is 12.6. The van der Waals surface area contributed by atoms with Gasteiger partial charge in [-0.15, -0.1) is 0 Å². The fraction of sp³-hybridized carbons (Fsp3) is 0.619. The van der Waals surface area contributed by atoms with Gasteiger partial charge in [0.15, 0.2) is 0 Å². The molecule has 0 aliphatic carbocycles. The molecule has 1 fully saturated rings. The van der Waals surface area contributed by atoms with Gasteiger partial charge in [-0.05, 0) is 25.3 Å². The lowest BCUT2D eigenvalue weighted by molar-refractivity contribution is -0.129. The third-order valence-electron chi connectivity index (χ3n) is 4.91. The van der Waals surface area contributed by atoms with Crippen molar-refractivity contribution in [3.05, 3.63) is 35.9 Å². The Morgan fingerprint density at radius 3 is 2.30 bits per heavy atom. The lowest BCUT2D eigenvalue weighted by atomic mass is 10.0. The van der Waals surface area contributed by atoms with Crippen LogP contribution in [0, 0.1) is 5.92 Å². The number of amides is 2. The van der Waals surface area contributed by atoms with Crippen LogP contribution in [-0.2, 0) is 30.8 Å². The summed E-state index contributed by atoms with van der Waals surface area (Å²) >= 11 is 0. The van der Waals surface area contributed by atoms with Crippen molar-refractivity contribution >= 4 is 21.8 Å². The molecule has 3 atom stereocenters. The third kappa shape index (κ3) is 7.37. The number of ether oxygens (including phenoxy) is 1. The molecule has 9 heteroatoms. The smallest absolute Gasteiger partial charge is 0.242 e. The highest BCUT2D eigenvalue weighted by Gasteiger charge is 2.31. The number of carbonyl (C=O) groups excluding carboxylic acids is 2. The first kappa shape index (κ1) is 24.3. The van der Waals surface area contributed by atoms with Crippen molar-refractivity contribution in [3.8, 4) is 0 Å². The summed E-state index contributed by atoms with van der Waals surface area (Å²) in [6, 6.07) is 8.55. The van der Waals surface area contributed by atoms with Crippen LogP contribution in [0.15, 0.2) is 30.3 Å². The van der Waals surface area contributed by atoms with Gasteiger partial charge in [0.2, 0.25) is 21.8 Å². The summed E-state index contributed by atoms with van der Waals surface area (Å²) in [6.07, 6.45) is -0.148. The van der Waals surface area contributed by atoms with E-state index >= 15 is 0 Å². The van der Waals surface area contributed by atoms with E-state index in [-0.39, 0.29) is 48.7 Å². The molecule has 2 rings (SSSR count). The van der Waals surface area contributed by atoms with Crippen LogP contribution in [0.2, 0.25) is 0 Å². The molecule has 2 amide bonds. The molecule has 0 spiro atoms. The molecule has 30 heavy (non-hydrogen) atoms. The van der Waals surface area contributed by atoms with Crippen molar-refractivity contribution in [2.24, 2.45) is 5.92 Å². The number of hydrogen-bond acceptors (Lipinski definition) is 5. The van der Waals surface area contributed by atoms with E-state index in [0.717, 1.165) is 5.56 Å². The maximum absolute atomic E-state index is 12.6. The normalized spacial score (nSPS) is 21.2. The summed E-state index contributed by atoms with van der Waals surface area (Å²) < 4.78 is 32.2. The largest absolute Gasteiger partial charge is 0.373 e. The number of carbonyl (C=O) groups is 2. The predicted molar refractivity (Wildman–Crippen MR) is 115 cm³/mol. The second-order valence-electron chi connectivity index (χ2n) is 8.13. The summed E-state index contributed by atoms with van der Waals surface area (Å²) in [7, 11) is -3.50. The molecule has 1 aromatic carbocycles. The molecule has 0 bridgehead atoms. The van der Waals surface area contributed by atoms with Crippen LogP contribution < -0.4 is 10.6 Å². The number of benzene rings is 1. The van der Waals surface area contributed by atoms with Gasteiger partial charge in [0.1, 0.15) is 6.04 Å². The second-order valence-corrected chi connectivity index (χ2v) is 10.2. The Labute approximate surface area is 179 Å². The van der Waals surface area contributed by atoms with Crippen molar-refractivity contribution in [1.29, 1.82) is 0 Å². The molecule has 2 N–H and O–H groups in total. The molecule has 3 unspecified atom stereocenters. The molecule has 1 heterocycles. The molecule has 0 saturated carbocycles. The highest BCUT2D eigenvalue weighted by atomic mass is 32.2. The Morgan fingerprint density at radius 2 is 1.73 bits per heavy atom. The van der Waals surface area contributed by atoms with E-state index in [1.165, 1.54) is 4.31 Å². The molecule has 0 aromatic heterocycles. The van der Waals surface area contributed by atoms with Gasteiger partial charge in [0, 0.05) is 19.6 Å². The topological polar surface area (TPSA) is 105 Å². The van der Waals surface area contributed by atoms with Crippen LogP contribution in [0.4, 0.5) is 0 Å². The Kier molecular flexibility index (Phi) is 8.81.